The van der Waals surface area contributed by atoms with E-state index in [0.29, 0.717) is 10.1 Å². The van der Waals surface area contributed by atoms with E-state index in [4.69, 9.17) is 16.0 Å². The van der Waals surface area contributed by atoms with E-state index in [0.717, 1.165) is 12.3 Å². The first kappa shape index (κ1) is 17.8. The number of aliphatic hydroxyl groups is 1. The van der Waals surface area contributed by atoms with Crippen LogP contribution in [-0.4, -0.2) is 32.4 Å². The summed E-state index contributed by atoms with van der Waals surface area (Å²) < 4.78 is 35.2. The molecule has 1 fully saturated rings. The van der Waals surface area contributed by atoms with Gasteiger partial charge in [-0.1, -0.05) is 29.4 Å². The van der Waals surface area contributed by atoms with Gasteiger partial charge in [0.1, 0.15) is 5.82 Å². The molecular formula is C15H13F2N6O3. The number of halogens is 2. The molecule has 1 aliphatic heterocycles. The van der Waals surface area contributed by atoms with Crippen LogP contribution in [-0.2, 0) is 11.2 Å². The summed E-state index contributed by atoms with van der Waals surface area (Å²) in [6, 6.07) is 10.1. The van der Waals surface area contributed by atoms with Crippen LogP contribution in [0, 0.1) is 6.07 Å². The third-order valence-electron chi connectivity index (χ3n) is 4.00. The van der Waals surface area contributed by atoms with E-state index in [2.05, 4.69) is 21.1 Å². The molecule has 3 atom stereocenters. The van der Waals surface area contributed by atoms with E-state index in [1.54, 1.807) is 12.1 Å². The zero-order chi connectivity index (χ0) is 18.9. The van der Waals surface area contributed by atoms with Crippen molar-refractivity contribution in [1.29, 1.82) is 0 Å². The maximum Gasteiger partial charge on any atom is 0.351 e. The molecule has 3 rings (SSSR count). The van der Waals surface area contributed by atoms with E-state index in [-0.39, 0.29) is 12.2 Å². The van der Waals surface area contributed by atoms with Crippen LogP contribution >= 0.6 is 0 Å². The third-order valence-corrected chi connectivity index (χ3v) is 4.00. The van der Waals surface area contributed by atoms with Crippen LogP contribution < -0.4 is 11.4 Å². The molecular weight excluding hydrogens is 350 g/mol. The Labute approximate surface area is 145 Å². The number of aromatic nitrogens is 2. The second-order valence-electron chi connectivity index (χ2n) is 5.71. The number of hydrogen-bond acceptors (Lipinski definition) is 6. The molecule has 26 heavy (non-hydrogen) atoms. The molecule has 0 spiro atoms. The molecule has 0 unspecified atom stereocenters. The minimum Gasteiger partial charge on any atom is -0.383 e. The largest absolute Gasteiger partial charge is 0.383 e. The highest BCUT2D eigenvalue weighted by molar-refractivity contribution is 5.24. The van der Waals surface area contributed by atoms with E-state index in [9.17, 15) is 18.7 Å². The van der Waals surface area contributed by atoms with Crippen molar-refractivity contribution >= 4 is 5.82 Å². The summed E-state index contributed by atoms with van der Waals surface area (Å²) in [6.07, 6.45) is -4.08. The molecule has 135 valence electrons. The number of hydrogen-bond donors (Lipinski definition) is 2. The Morgan fingerprint density at radius 2 is 2.15 bits per heavy atom. The fourth-order valence-electron chi connectivity index (χ4n) is 2.78. The summed E-state index contributed by atoms with van der Waals surface area (Å²) in [6.45, 7) is 0. The standard InChI is InChI=1S/C15H13F2N6O3/c16-15(17)11(24)14(21-22-19,8-9-4-2-1-3-5-9)26-12(15)23-7-6-10(18)20-13(23)25/h2-7,11-12,24H,8H2,(H2,18,20,25)/t11-,12-,14+/m1/s1. The molecule has 0 amide bonds. The molecule has 9 nitrogen and oxygen atoms in total. The first-order valence-corrected chi connectivity index (χ1v) is 7.40. The number of rotatable bonds is 4. The smallest absolute Gasteiger partial charge is 0.351 e. The molecule has 1 aromatic carbocycles. The first-order valence-electron chi connectivity index (χ1n) is 7.40. The Morgan fingerprint density at radius 1 is 1.46 bits per heavy atom. The SMILES string of the molecule is [N-]=[N+]=N[C@@]1(Cc2cc[c]cc2)O[C@@H](n2ccc(N)nc2=O)C(F)(F)[C@@H]1O. The van der Waals surface area contributed by atoms with Crippen molar-refractivity contribution in [2.45, 2.75) is 30.4 Å². The van der Waals surface area contributed by atoms with Crippen molar-refractivity contribution in [1.82, 2.24) is 9.55 Å². The highest BCUT2D eigenvalue weighted by atomic mass is 19.3. The molecule has 1 aliphatic rings. The van der Waals surface area contributed by atoms with Gasteiger partial charge in [0.15, 0.2) is 11.8 Å². The van der Waals surface area contributed by atoms with E-state index >= 15 is 0 Å². The molecule has 0 bridgehead atoms. The van der Waals surface area contributed by atoms with Crippen LogP contribution in [0.25, 0.3) is 10.4 Å². The molecule has 2 aromatic rings. The van der Waals surface area contributed by atoms with Gasteiger partial charge in [-0.05, 0) is 23.2 Å². The molecule has 11 heteroatoms. The molecule has 1 aromatic heterocycles. The van der Waals surface area contributed by atoms with Gasteiger partial charge < -0.3 is 15.6 Å². The Bertz CT molecular complexity index is 915. The number of alkyl halides is 2. The van der Waals surface area contributed by atoms with Crippen molar-refractivity contribution < 1.29 is 18.6 Å². The molecule has 2 heterocycles. The van der Waals surface area contributed by atoms with Crippen molar-refractivity contribution in [2.24, 2.45) is 5.11 Å². The van der Waals surface area contributed by atoms with E-state index < -0.39 is 29.7 Å². The second-order valence-corrected chi connectivity index (χ2v) is 5.71. The number of ether oxygens (including phenoxy) is 1. The van der Waals surface area contributed by atoms with Gasteiger partial charge in [-0.15, -0.1) is 0 Å². The summed E-state index contributed by atoms with van der Waals surface area (Å²) in [5, 5.41) is 13.5. The average Bonchev–Trinajstić information content (AvgIpc) is 2.78. The Hall–Kier alpha value is -3.01. The first-order chi connectivity index (χ1) is 12.3. The number of aliphatic hydroxyl groups excluding tert-OH is 1. The van der Waals surface area contributed by atoms with E-state index in [1.165, 1.54) is 12.1 Å². The predicted octanol–water partition coefficient (Wildman–Crippen LogP) is 1.40. The zero-order valence-electron chi connectivity index (χ0n) is 13.2. The number of azide groups is 1. The second kappa shape index (κ2) is 6.37. The summed E-state index contributed by atoms with van der Waals surface area (Å²) >= 11 is 0. The lowest BCUT2D eigenvalue weighted by Gasteiger charge is -2.26. The maximum absolute atomic E-state index is 14.7. The Morgan fingerprint density at radius 3 is 2.77 bits per heavy atom. The molecule has 0 aliphatic carbocycles. The monoisotopic (exact) mass is 363 g/mol. The fourth-order valence-corrected chi connectivity index (χ4v) is 2.78. The lowest BCUT2D eigenvalue weighted by molar-refractivity contribution is -0.142. The van der Waals surface area contributed by atoms with Crippen molar-refractivity contribution in [3.8, 4) is 0 Å². The lowest BCUT2D eigenvalue weighted by Crippen LogP contribution is -2.46. The van der Waals surface area contributed by atoms with Gasteiger partial charge >= 0.3 is 11.6 Å². The summed E-state index contributed by atoms with van der Waals surface area (Å²) in [4.78, 5) is 17.8. The van der Waals surface area contributed by atoms with Gasteiger partial charge in [-0.2, -0.15) is 13.8 Å². The molecule has 3 N–H and O–H groups in total. The summed E-state index contributed by atoms with van der Waals surface area (Å²) in [5.74, 6) is -4.09. The predicted molar refractivity (Wildman–Crippen MR) is 84.8 cm³/mol. The number of nitrogens with two attached hydrogens (primary N) is 1. The van der Waals surface area contributed by atoms with Crippen LogP contribution in [0.4, 0.5) is 14.6 Å². The third kappa shape index (κ3) is 2.88. The normalized spacial score (nSPS) is 27.0. The number of nitrogens with zero attached hydrogens (tertiary/aromatic N) is 5. The zero-order valence-corrected chi connectivity index (χ0v) is 13.2. The summed E-state index contributed by atoms with van der Waals surface area (Å²) in [5.41, 5.74) is 11.2. The molecule has 0 saturated carbocycles. The quantitative estimate of drug-likeness (QED) is 0.480. The van der Waals surface area contributed by atoms with Gasteiger partial charge in [0, 0.05) is 17.5 Å². The highest BCUT2D eigenvalue weighted by Gasteiger charge is 2.67. The number of nitrogen functional groups attached to an aromatic ring is 1. The number of anilines is 1. The van der Waals surface area contributed by atoms with Gasteiger partial charge in [0.2, 0.25) is 6.23 Å². The van der Waals surface area contributed by atoms with Crippen LogP contribution in [0.5, 0.6) is 0 Å². The minimum atomic E-state index is -3.93. The van der Waals surface area contributed by atoms with Crippen LogP contribution in [0.3, 0.4) is 0 Å². The Kier molecular flexibility index (Phi) is 4.36. The van der Waals surface area contributed by atoms with Crippen molar-refractivity contribution in [2.75, 3.05) is 5.73 Å². The van der Waals surface area contributed by atoms with Crippen LogP contribution in [0.1, 0.15) is 11.8 Å². The van der Waals surface area contributed by atoms with Crippen molar-refractivity contribution in [3.05, 3.63) is 69.1 Å². The van der Waals surface area contributed by atoms with Gasteiger partial charge in [0.05, 0.1) is 0 Å². The topological polar surface area (TPSA) is 139 Å². The maximum atomic E-state index is 14.7. The Balaban J connectivity index is 2.07. The van der Waals surface area contributed by atoms with Gasteiger partial charge in [-0.3, -0.25) is 4.57 Å². The average molecular weight is 363 g/mol. The lowest BCUT2D eigenvalue weighted by atomic mass is 9.96. The molecule has 1 saturated heterocycles. The van der Waals surface area contributed by atoms with Crippen LogP contribution in [0.2, 0.25) is 0 Å². The number of benzene rings is 1. The van der Waals surface area contributed by atoms with Crippen LogP contribution in [0.15, 0.2) is 46.4 Å². The summed E-state index contributed by atoms with van der Waals surface area (Å²) in [7, 11) is 0. The highest BCUT2D eigenvalue weighted by Crippen LogP contribution is 2.49. The van der Waals surface area contributed by atoms with E-state index in [1.807, 2.05) is 0 Å². The molecule has 1 radical (unpaired) electrons. The van der Waals surface area contributed by atoms with Gasteiger partial charge in [0.25, 0.3) is 0 Å². The minimum absolute atomic E-state index is 0.157. The van der Waals surface area contributed by atoms with Gasteiger partial charge in [-0.25, -0.2) is 4.79 Å². The van der Waals surface area contributed by atoms with Crippen molar-refractivity contribution in [3.63, 3.8) is 0 Å². The fraction of sp³-hybridized carbons (Fsp3) is 0.333.